The van der Waals surface area contributed by atoms with Crippen molar-refractivity contribution in [2.24, 2.45) is 4.40 Å². The van der Waals surface area contributed by atoms with E-state index in [2.05, 4.69) is 11.3 Å². The molecule has 1 amide bonds. The lowest BCUT2D eigenvalue weighted by Gasteiger charge is -2.12. The predicted molar refractivity (Wildman–Crippen MR) is 151 cm³/mol. The molecule has 0 atom stereocenters. The third-order valence-electron chi connectivity index (χ3n) is 6.02. The van der Waals surface area contributed by atoms with Gasteiger partial charge in [0.1, 0.15) is 0 Å². The molecule has 0 bridgehead atoms. The Morgan fingerprint density at radius 3 is 2.35 bits per heavy atom. The number of carbonyl (C=O) groups is 1. The molecule has 0 aliphatic carbocycles. The van der Waals surface area contributed by atoms with Gasteiger partial charge in [0.2, 0.25) is 0 Å². The van der Waals surface area contributed by atoms with E-state index in [0.29, 0.717) is 29.6 Å². The maximum absolute atomic E-state index is 13.0. The number of hydrogen-bond acceptors (Lipinski definition) is 6. The Kier molecular flexibility index (Phi) is 10.6. The lowest BCUT2D eigenvalue weighted by molar-refractivity contribution is -0.122. The third-order valence-corrected chi connectivity index (χ3v) is 8.43. The first-order chi connectivity index (χ1) is 17.8. The van der Waals surface area contributed by atoms with Crippen molar-refractivity contribution in [3.63, 3.8) is 0 Å². The first kappa shape index (κ1) is 28.8. The fraction of sp³-hybridized carbons (Fsp3) is 0.429. The standard InChI is InChI=1S/C28H36N2O5S2/c1-5-8-9-10-11-18-35-24-17-14-22(19-25(24)34-4)20-26-27(31)30(7-3)28(36-26)29-37(32,33)23-15-12-21(6-2)13-16-23/h12-17,19-20H,5-11,18H2,1-4H3/b26-20-,29-28+. The Morgan fingerprint density at radius 2 is 1.70 bits per heavy atom. The number of nitrogens with zero attached hydrogens (tertiary/aromatic N) is 2. The average molecular weight is 545 g/mol. The first-order valence-electron chi connectivity index (χ1n) is 12.8. The van der Waals surface area contributed by atoms with E-state index in [-0.39, 0.29) is 16.0 Å². The minimum atomic E-state index is -3.95. The quantitative estimate of drug-likeness (QED) is 0.218. The Labute approximate surface area is 225 Å². The Balaban J connectivity index is 1.77. The van der Waals surface area contributed by atoms with Crippen LogP contribution in [0, 0.1) is 0 Å². The van der Waals surface area contributed by atoms with Crippen LogP contribution in [0.1, 0.15) is 64.0 Å². The van der Waals surface area contributed by atoms with Crippen LogP contribution in [0.2, 0.25) is 0 Å². The number of amides is 1. The summed E-state index contributed by atoms with van der Waals surface area (Å²) in [6.07, 6.45) is 8.31. The molecule has 0 N–H and O–H groups in total. The molecule has 1 aliphatic heterocycles. The zero-order valence-corrected chi connectivity index (χ0v) is 23.7. The van der Waals surface area contributed by atoms with Crippen molar-refractivity contribution in [1.82, 2.24) is 4.90 Å². The fourth-order valence-electron chi connectivity index (χ4n) is 3.84. The summed E-state index contributed by atoms with van der Waals surface area (Å²) in [5, 5.41) is 0.147. The van der Waals surface area contributed by atoms with Crippen molar-refractivity contribution >= 4 is 38.9 Å². The summed E-state index contributed by atoms with van der Waals surface area (Å²) in [6, 6.07) is 12.1. The van der Waals surface area contributed by atoms with Crippen LogP contribution in [0.4, 0.5) is 0 Å². The van der Waals surface area contributed by atoms with Gasteiger partial charge >= 0.3 is 0 Å². The van der Waals surface area contributed by atoms with Crippen molar-refractivity contribution in [3.05, 3.63) is 58.5 Å². The van der Waals surface area contributed by atoms with Crippen molar-refractivity contribution < 1.29 is 22.7 Å². The highest BCUT2D eigenvalue weighted by atomic mass is 32.2. The molecule has 0 aromatic heterocycles. The second kappa shape index (κ2) is 13.7. The molecule has 0 saturated carbocycles. The first-order valence-corrected chi connectivity index (χ1v) is 15.0. The monoisotopic (exact) mass is 544 g/mol. The normalized spacial score (nSPS) is 16.1. The number of ether oxygens (including phenoxy) is 2. The summed E-state index contributed by atoms with van der Waals surface area (Å²) in [7, 11) is -2.37. The lowest BCUT2D eigenvalue weighted by atomic mass is 10.1. The van der Waals surface area contributed by atoms with E-state index in [1.54, 1.807) is 44.4 Å². The molecule has 7 nitrogen and oxygen atoms in total. The summed E-state index contributed by atoms with van der Waals surface area (Å²) in [6.45, 7) is 6.91. The molecule has 37 heavy (non-hydrogen) atoms. The number of rotatable bonds is 13. The van der Waals surface area contributed by atoms with Crippen LogP contribution in [0.15, 0.2) is 56.7 Å². The van der Waals surface area contributed by atoms with Gasteiger partial charge in [-0.15, -0.1) is 4.40 Å². The molecule has 3 rings (SSSR count). The number of aryl methyl sites for hydroxylation is 1. The lowest BCUT2D eigenvalue weighted by Crippen LogP contribution is -2.29. The van der Waals surface area contributed by atoms with Crippen LogP contribution in [-0.4, -0.2) is 44.7 Å². The van der Waals surface area contributed by atoms with Gasteiger partial charge in [0.25, 0.3) is 15.9 Å². The second-order valence-electron chi connectivity index (χ2n) is 8.68. The van der Waals surface area contributed by atoms with E-state index in [1.165, 1.54) is 24.2 Å². The average Bonchev–Trinajstić information content (AvgIpc) is 3.19. The van der Waals surface area contributed by atoms with Gasteiger partial charge in [0, 0.05) is 6.54 Å². The molecule has 1 heterocycles. The number of benzene rings is 2. The molecule has 1 fully saturated rings. The summed E-state index contributed by atoms with van der Waals surface area (Å²) in [5.41, 5.74) is 1.79. The van der Waals surface area contributed by atoms with Crippen molar-refractivity contribution in [1.29, 1.82) is 0 Å². The van der Waals surface area contributed by atoms with E-state index in [0.717, 1.165) is 42.2 Å². The van der Waals surface area contributed by atoms with E-state index in [9.17, 15) is 13.2 Å². The molecule has 0 unspecified atom stereocenters. The molecule has 0 radical (unpaired) electrons. The Bertz CT molecular complexity index is 1240. The summed E-state index contributed by atoms with van der Waals surface area (Å²) in [5.74, 6) is 0.954. The molecule has 1 saturated heterocycles. The summed E-state index contributed by atoms with van der Waals surface area (Å²) in [4.78, 5) is 14.9. The highest BCUT2D eigenvalue weighted by Gasteiger charge is 2.34. The van der Waals surface area contributed by atoms with E-state index < -0.39 is 10.0 Å². The minimum absolute atomic E-state index is 0.101. The van der Waals surface area contributed by atoms with Gasteiger partial charge in [-0.1, -0.05) is 57.7 Å². The minimum Gasteiger partial charge on any atom is -0.493 e. The molecule has 9 heteroatoms. The number of hydrogen-bond donors (Lipinski definition) is 0. The molecule has 1 aliphatic rings. The van der Waals surface area contributed by atoms with Crippen molar-refractivity contribution in [2.45, 2.75) is 64.2 Å². The van der Waals surface area contributed by atoms with Crippen molar-refractivity contribution in [2.75, 3.05) is 20.3 Å². The summed E-state index contributed by atoms with van der Waals surface area (Å²) < 4.78 is 41.2. The van der Waals surface area contributed by atoms with Crippen LogP contribution < -0.4 is 9.47 Å². The smallest absolute Gasteiger partial charge is 0.284 e. The maximum Gasteiger partial charge on any atom is 0.284 e. The van der Waals surface area contributed by atoms with Gasteiger partial charge in [-0.2, -0.15) is 8.42 Å². The van der Waals surface area contributed by atoms with Gasteiger partial charge in [0.15, 0.2) is 16.7 Å². The topological polar surface area (TPSA) is 85.3 Å². The van der Waals surface area contributed by atoms with Crippen LogP contribution in [0.25, 0.3) is 6.08 Å². The van der Waals surface area contributed by atoms with Crippen LogP contribution in [0.3, 0.4) is 0 Å². The van der Waals surface area contributed by atoms with E-state index in [4.69, 9.17) is 9.47 Å². The fourth-order valence-corrected chi connectivity index (χ4v) is 6.08. The van der Waals surface area contributed by atoms with E-state index >= 15 is 0 Å². The number of carbonyl (C=O) groups excluding carboxylic acids is 1. The Hall–Kier alpha value is -2.78. The molecule has 2 aromatic carbocycles. The van der Waals surface area contributed by atoms with Gasteiger partial charge < -0.3 is 9.47 Å². The van der Waals surface area contributed by atoms with Crippen LogP contribution in [0.5, 0.6) is 11.5 Å². The van der Waals surface area contributed by atoms with Gasteiger partial charge in [-0.25, -0.2) is 0 Å². The van der Waals surface area contributed by atoms with Crippen LogP contribution >= 0.6 is 11.8 Å². The van der Waals surface area contributed by atoms with Gasteiger partial charge in [-0.05, 0) is 73.0 Å². The molecular formula is C28H36N2O5S2. The highest BCUT2D eigenvalue weighted by molar-refractivity contribution is 8.19. The van der Waals surface area contributed by atoms with Gasteiger partial charge in [-0.3, -0.25) is 9.69 Å². The Morgan fingerprint density at radius 1 is 0.973 bits per heavy atom. The van der Waals surface area contributed by atoms with Gasteiger partial charge in [0.05, 0.1) is 23.5 Å². The zero-order valence-electron chi connectivity index (χ0n) is 22.0. The largest absolute Gasteiger partial charge is 0.493 e. The highest BCUT2D eigenvalue weighted by Crippen LogP contribution is 2.35. The SMILES string of the molecule is CCCCCCCOc1ccc(/C=C2\S/C(=N/S(=O)(=O)c3ccc(CC)cc3)N(CC)C2=O)cc1OC. The number of thioether (sulfide) groups is 1. The van der Waals surface area contributed by atoms with Crippen LogP contribution in [-0.2, 0) is 21.2 Å². The van der Waals surface area contributed by atoms with Crippen molar-refractivity contribution in [3.8, 4) is 11.5 Å². The molecule has 0 spiro atoms. The van der Waals surface area contributed by atoms with E-state index in [1.807, 2.05) is 25.1 Å². The molecular weight excluding hydrogens is 508 g/mol. The number of sulfonamides is 1. The third kappa shape index (κ3) is 7.61. The maximum atomic E-state index is 13.0. The molecule has 200 valence electrons. The zero-order chi connectivity index (χ0) is 26.8. The number of methoxy groups -OCH3 is 1. The number of amidine groups is 1. The number of unbranched alkanes of at least 4 members (excludes halogenated alkanes) is 4. The number of likely N-dealkylation sites (N-methyl/N-ethyl adjacent to an activating group) is 1. The predicted octanol–water partition coefficient (Wildman–Crippen LogP) is 6.29. The molecule has 2 aromatic rings. The second-order valence-corrected chi connectivity index (χ2v) is 11.3. The summed E-state index contributed by atoms with van der Waals surface area (Å²) >= 11 is 1.05.